The Labute approximate surface area is 181 Å². The van der Waals surface area contributed by atoms with Crippen LogP contribution in [0.1, 0.15) is 11.3 Å². The van der Waals surface area contributed by atoms with Crippen LogP contribution in [0.3, 0.4) is 0 Å². The van der Waals surface area contributed by atoms with Crippen LogP contribution in [0.25, 0.3) is 5.69 Å². The first kappa shape index (κ1) is 20.2. The minimum atomic E-state index is -0.263. The van der Waals surface area contributed by atoms with E-state index in [2.05, 4.69) is 10.4 Å². The number of carbonyl (C=O) groups excluding carboxylic acids is 1. The van der Waals surface area contributed by atoms with Gasteiger partial charge >= 0.3 is 0 Å². The Kier molecular flexibility index (Phi) is 6.28. The van der Waals surface area contributed by atoms with Gasteiger partial charge in [0.15, 0.2) is 6.61 Å². The maximum absolute atomic E-state index is 12.4. The predicted molar refractivity (Wildman–Crippen MR) is 120 cm³/mol. The third-order valence-corrected chi connectivity index (χ3v) is 4.54. The lowest BCUT2D eigenvalue weighted by Crippen LogP contribution is -2.21. The molecule has 0 unspecified atom stereocenters. The molecule has 0 aliphatic carbocycles. The third kappa shape index (κ3) is 5.51. The number of carbonyl (C=O) groups is 1. The molecule has 6 heteroatoms. The Hall–Kier alpha value is -4.06. The van der Waals surface area contributed by atoms with E-state index in [0.717, 1.165) is 22.7 Å². The highest BCUT2D eigenvalue weighted by atomic mass is 16.5. The number of nitrogens with zero attached hydrogens (tertiary/aromatic N) is 2. The molecule has 0 spiro atoms. The smallest absolute Gasteiger partial charge is 0.263 e. The second-order valence-electron chi connectivity index (χ2n) is 7.00. The maximum atomic E-state index is 12.4. The normalized spacial score (nSPS) is 10.5. The maximum Gasteiger partial charge on any atom is 0.263 e. The van der Waals surface area contributed by atoms with Crippen molar-refractivity contribution in [1.29, 1.82) is 0 Å². The first-order chi connectivity index (χ1) is 15.2. The number of ether oxygens (including phenoxy) is 2. The van der Waals surface area contributed by atoms with E-state index in [-0.39, 0.29) is 12.5 Å². The van der Waals surface area contributed by atoms with Gasteiger partial charge in [-0.2, -0.15) is 5.10 Å². The highest BCUT2D eigenvalue weighted by Crippen LogP contribution is 2.20. The second kappa shape index (κ2) is 9.63. The minimum Gasteiger partial charge on any atom is -0.489 e. The average molecular weight is 413 g/mol. The van der Waals surface area contributed by atoms with Crippen molar-refractivity contribution in [3.05, 3.63) is 102 Å². The van der Waals surface area contributed by atoms with Crippen molar-refractivity contribution >= 4 is 11.7 Å². The van der Waals surface area contributed by atoms with Crippen molar-refractivity contribution in [2.45, 2.75) is 13.5 Å². The average Bonchev–Trinajstić information content (AvgIpc) is 3.18. The number of aryl methyl sites for hydroxylation is 1. The number of amides is 1. The summed E-state index contributed by atoms with van der Waals surface area (Å²) in [4.78, 5) is 12.4. The fraction of sp³-hybridized carbons (Fsp3) is 0.120. The van der Waals surface area contributed by atoms with Gasteiger partial charge in [0.1, 0.15) is 23.9 Å². The molecule has 6 nitrogen and oxygen atoms in total. The lowest BCUT2D eigenvalue weighted by molar-refractivity contribution is -0.118. The van der Waals surface area contributed by atoms with Crippen LogP contribution in [-0.4, -0.2) is 22.3 Å². The van der Waals surface area contributed by atoms with Crippen LogP contribution in [0.15, 0.2) is 91.0 Å². The second-order valence-corrected chi connectivity index (χ2v) is 7.00. The first-order valence-corrected chi connectivity index (χ1v) is 9.99. The number of anilines is 1. The van der Waals surface area contributed by atoms with E-state index in [0.29, 0.717) is 18.2 Å². The Bertz CT molecular complexity index is 1120. The van der Waals surface area contributed by atoms with E-state index in [1.165, 1.54) is 0 Å². The number of nitrogens with one attached hydrogen (secondary N) is 1. The van der Waals surface area contributed by atoms with Gasteiger partial charge in [0.25, 0.3) is 5.91 Å². The Morgan fingerprint density at radius 1 is 0.871 bits per heavy atom. The highest BCUT2D eigenvalue weighted by molar-refractivity contribution is 5.91. The molecule has 0 aliphatic rings. The summed E-state index contributed by atoms with van der Waals surface area (Å²) in [7, 11) is 0. The molecule has 1 amide bonds. The summed E-state index contributed by atoms with van der Waals surface area (Å²) in [6, 6.07) is 28.6. The molecule has 1 aromatic heterocycles. The zero-order valence-electron chi connectivity index (χ0n) is 17.2. The van der Waals surface area contributed by atoms with E-state index in [9.17, 15) is 4.79 Å². The number of rotatable bonds is 8. The Morgan fingerprint density at radius 2 is 1.48 bits per heavy atom. The quantitative estimate of drug-likeness (QED) is 0.452. The topological polar surface area (TPSA) is 65.4 Å². The molecule has 1 heterocycles. The summed E-state index contributed by atoms with van der Waals surface area (Å²) in [6.07, 6.45) is 0. The summed E-state index contributed by atoms with van der Waals surface area (Å²) in [5.41, 5.74) is 2.79. The molecule has 31 heavy (non-hydrogen) atoms. The van der Waals surface area contributed by atoms with Crippen LogP contribution in [-0.2, 0) is 11.4 Å². The van der Waals surface area contributed by atoms with E-state index < -0.39 is 0 Å². The number of para-hydroxylation sites is 1. The molecule has 4 aromatic rings. The van der Waals surface area contributed by atoms with Gasteiger partial charge in [0, 0.05) is 6.07 Å². The molecular formula is C25H23N3O3. The van der Waals surface area contributed by atoms with Crippen LogP contribution >= 0.6 is 0 Å². The van der Waals surface area contributed by atoms with Gasteiger partial charge in [-0.05, 0) is 48.9 Å². The van der Waals surface area contributed by atoms with Gasteiger partial charge in [-0.3, -0.25) is 4.79 Å². The van der Waals surface area contributed by atoms with Crippen LogP contribution in [0.4, 0.5) is 5.82 Å². The summed E-state index contributed by atoms with van der Waals surface area (Å²) in [5.74, 6) is 1.67. The van der Waals surface area contributed by atoms with Crippen LogP contribution in [0.5, 0.6) is 11.5 Å². The summed E-state index contributed by atoms with van der Waals surface area (Å²) < 4.78 is 13.1. The fourth-order valence-electron chi connectivity index (χ4n) is 3.06. The van der Waals surface area contributed by atoms with Crippen molar-refractivity contribution in [3.63, 3.8) is 0 Å². The monoisotopic (exact) mass is 413 g/mol. The van der Waals surface area contributed by atoms with Crippen molar-refractivity contribution in [1.82, 2.24) is 9.78 Å². The highest BCUT2D eigenvalue weighted by Gasteiger charge is 2.11. The zero-order valence-corrected chi connectivity index (χ0v) is 17.2. The molecular weight excluding hydrogens is 390 g/mol. The van der Waals surface area contributed by atoms with Gasteiger partial charge in [-0.25, -0.2) is 4.68 Å². The molecule has 3 aromatic carbocycles. The third-order valence-electron chi connectivity index (χ3n) is 4.54. The predicted octanol–water partition coefficient (Wildman–Crippen LogP) is 4.78. The number of hydrogen-bond donors (Lipinski definition) is 1. The summed E-state index contributed by atoms with van der Waals surface area (Å²) in [6.45, 7) is 2.27. The Morgan fingerprint density at radius 3 is 2.16 bits per heavy atom. The largest absolute Gasteiger partial charge is 0.489 e. The van der Waals surface area contributed by atoms with Crippen LogP contribution < -0.4 is 14.8 Å². The molecule has 0 saturated heterocycles. The molecule has 0 bridgehead atoms. The van der Waals surface area contributed by atoms with Gasteiger partial charge in [-0.1, -0.05) is 48.5 Å². The molecule has 156 valence electrons. The number of hydrogen-bond acceptors (Lipinski definition) is 4. The van der Waals surface area contributed by atoms with Crippen LogP contribution in [0.2, 0.25) is 0 Å². The number of aromatic nitrogens is 2. The van der Waals surface area contributed by atoms with E-state index in [1.54, 1.807) is 16.8 Å². The lowest BCUT2D eigenvalue weighted by Gasteiger charge is -2.10. The zero-order chi connectivity index (χ0) is 21.5. The molecule has 0 atom stereocenters. The van der Waals surface area contributed by atoms with Gasteiger partial charge < -0.3 is 14.8 Å². The van der Waals surface area contributed by atoms with E-state index in [1.807, 2.05) is 85.8 Å². The standard InChI is InChI=1S/C25H23N3O3/c1-19-16-24(28(27-19)21-10-6-3-7-11-21)26-25(29)18-31-23-14-12-22(13-15-23)30-17-20-8-4-2-5-9-20/h2-16H,17-18H2,1H3,(H,26,29). The van der Waals surface area contributed by atoms with Crippen molar-refractivity contribution in [3.8, 4) is 17.2 Å². The molecule has 4 rings (SSSR count). The number of benzene rings is 3. The summed E-state index contributed by atoms with van der Waals surface area (Å²) in [5, 5.41) is 7.31. The van der Waals surface area contributed by atoms with Crippen molar-refractivity contribution < 1.29 is 14.3 Å². The SMILES string of the molecule is Cc1cc(NC(=O)COc2ccc(OCc3ccccc3)cc2)n(-c2ccccc2)n1. The molecule has 0 saturated carbocycles. The molecule has 0 aliphatic heterocycles. The van der Waals surface area contributed by atoms with Gasteiger partial charge in [-0.15, -0.1) is 0 Å². The molecule has 0 fully saturated rings. The van der Waals surface area contributed by atoms with Crippen molar-refractivity contribution in [2.75, 3.05) is 11.9 Å². The summed E-state index contributed by atoms with van der Waals surface area (Å²) >= 11 is 0. The van der Waals surface area contributed by atoms with E-state index in [4.69, 9.17) is 9.47 Å². The Balaban J connectivity index is 1.30. The molecule has 1 N–H and O–H groups in total. The van der Waals surface area contributed by atoms with Crippen molar-refractivity contribution in [2.24, 2.45) is 0 Å². The van der Waals surface area contributed by atoms with Gasteiger partial charge in [0.05, 0.1) is 11.4 Å². The lowest BCUT2D eigenvalue weighted by atomic mass is 10.2. The van der Waals surface area contributed by atoms with Crippen LogP contribution in [0, 0.1) is 6.92 Å². The fourth-order valence-corrected chi connectivity index (χ4v) is 3.06. The minimum absolute atomic E-state index is 0.108. The molecule has 0 radical (unpaired) electrons. The first-order valence-electron chi connectivity index (χ1n) is 9.99. The van der Waals surface area contributed by atoms with E-state index >= 15 is 0 Å². The van der Waals surface area contributed by atoms with Gasteiger partial charge in [0.2, 0.25) is 0 Å².